The van der Waals surface area contributed by atoms with Gasteiger partial charge in [0.05, 0.1) is 11.1 Å². The largest absolute Gasteiger partial charge is 0.481 e. The second-order valence-electron chi connectivity index (χ2n) is 5.71. The second kappa shape index (κ2) is 5.71. The number of amides is 2. The molecule has 0 bridgehead atoms. The van der Waals surface area contributed by atoms with Crippen LogP contribution in [0.1, 0.15) is 25.3 Å². The van der Waals surface area contributed by atoms with Crippen molar-refractivity contribution in [3.05, 3.63) is 29.6 Å². The van der Waals surface area contributed by atoms with Crippen molar-refractivity contribution in [3.8, 4) is 0 Å². The number of nitrogens with one attached hydrogen (secondary N) is 1. The number of hydrogen-bond acceptors (Lipinski definition) is 2. The number of likely N-dealkylation sites (tertiary alicyclic amines) is 1. The van der Waals surface area contributed by atoms with Crippen LogP contribution in [-0.4, -0.2) is 35.1 Å². The molecule has 5 nitrogen and oxygen atoms in total. The number of aliphatic carboxylic acids is 1. The van der Waals surface area contributed by atoms with E-state index in [2.05, 4.69) is 5.32 Å². The smallest absolute Gasteiger partial charge is 0.321 e. The lowest BCUT2D eigenvalue weighted by Gasteiger charge is -2.36. The van der Waals surface area contributed by atoms with Crippen LogP contribution in [0.5, 0.6) is 0 Å². The number of carboxylic acid groups (broad SMARTS) is 1. The van der Waals surface area contributed by atoms with E-state index in [-0.39, 0.29) is 5.69 Å². The van der Waals surface area contributed by atoms with Crippen molar-refractivity contribution < 1.29 is 19.1 Å². The summed E-state index contributed by atoms with van der Waals surface area (Å²) >= 11 is 0. The molecule has 1 saturated heterocycles. The Hall–Kier alpha value is -2.11. The summed E-state index contributed by atoms with van der Waals surface area (Å²) in [6.45, 7) is 4.10. The molecule has 0 unspecified atom stereocenters. The zero-order valence-electron chi connectivity index (χ0n) is 12.1. The molecule has 0 aromatic heterocycles. The molecular weight excluding hydrogens is 275 g/mol. The summed E-state index contributed by atoms with van der Waals surface area (Å²) in [7, 11) is 0. The summed E-state index contributed by atoms with van der Waals surface area (Å²) < 4.78 is 13.7. The molecule has 114 valence electrons. The van der Waals surface area contributed by atoms with Gasteiger partial charge in [0.2, 0.25) is 0 Å². The molecule has 1 aliphatic heterocycles. The van der Waals surface area contributed by atoms with Gasteiger partial charge in [-0.1, -0.05) is 12.1 Å². The molecule has 1 aliphatic rings. The Morgan fingerprint density at radius 3 is 2.48 bits per heavy atom. The first-order valence-electron chi connectivity index (χ1n) is 6.88. The lowest BCUT2D eigenvalue weighted by atomic mass is 9.80. The van der Waals surface area contributed by atoms with Crippen molar-refractivity contribution in [2.24, 2.45) is 5.41 Å². The van der Waals surface area contributed by atoms with E-state index in [1.54, 1.807) is 26.0 Å². The minimum absolute atomic E-state index is 0.175. The number of carbonyl (C=O) groups is 2. The Morgan fingerprint density at radius 1 is 1.33 bits per heavy atom. The quantitative estimate of drug-likeness (QED) is 0.881. The highest BCUT2D eigenvalue weighted by Gasteiger charge is 2.38. The van der Waals surface area contributed by atoms with Crippen LogP contribution in [0, 0.1) is 18.2 Å². The van der Waals surface area contributed by atoms with Gasteiger partial charge in [-0.05, 0) is 38.3 Å². The van der Waals surface area contributed by atoms with Gasteiger partial charge >= 0.3 is 12.0 Å². The van der Waals surface area contributed by atoms with Crippen LogP contribution >= 0.6 is 0 Å². The van der Waals surface area contributed by atoms with Crippen LogP contribution in [0.2, 0.25) is 0 Å². The molecule has 2 amide bonds. The van der Waals surface area contributed by atoms with Crippen LogP contribution in [-0.2, 0) is 4.79 Å². The third-order valence-corrected chi connectivity index (χ3v) is 4.12. The zero-order valence-corrected chi connectivity index (χ0v) is 12.1. The molecule has 21 heavy (non-hydrogen) atoms. The third kappa shape index (κ3) is 3.15. The second-order valence-corrected chi connectivity index (χ2v) is 5.71. The maximum atomic E-state index is 13.7. The molecular formula is C15H19FN2O3. The Morgan fingerprint density at radius 2 is 1.95 bits per heavy atom. The van der Waals surface area contributed by atoms with Crippen molar-refractivity contribution in [1.82, 2.24) is 4.90 Å². The normalized spacial score (nSPS) is 17.4. The van der Waals surface area contributed by atoms with Crippen LogP contribution in [0.25, 0.3) is 0 Å². The fourth-order valence-corrected chi connectivity index (χ4v) is 2.39. The predicted molar refractivity (Wildman–Crippen MR) is 76.7 cm³/mol. The highest BCUT2D eigenvalue weighted by atomic mass is 19.1. The van der Waals surface area contributed by atoms with Gasteiger partial charge in [0.25, 0.3) is 0 Å². The summed E-state index contributed by atoms with van der Waals surface area (Å²) in [6.07, 6.45) is 0.790. The van der Waals surface area contributed by atoms with Gasteiger partial charge in [-0.15, -0.1) is 0 Å². The number of carbonyl (C=O) groups excluding carboxylic acids is 1. The molecule has 6 heteroatoms. The third-order valence-electron chi connectivity index (χ3n) is 4.12. The lowest BCUT2D eigenvalue weighted by molar-refractivity contribution is -0.150. The van der Waals surface area contributed by atoms with E-state index in [0.29, 0.717) is 31.5 Å². The van der Waals surface area contributed by atoms with Crippen molar-refractivity contribution in [2.75, 3.05) is 18.4 Å². The number of piperidine rings is 1. The molecule has 0 aliphatic carbocycles. The number of para-hydroxylation sites is 1. The van der Waals surface area contributed by atoms with Gasteiger partial charge in [-0.25, -0.2) is 9.18 Å². The Kier molecular flexibility index (Phi) is 4.16. The summed E-state index contributed by atoms with van der Waals surface area (Å²) in [4.78, 5) is 24.8. The first-order valence-corrected chi connectivity index (χ1v) is 6.88. The van der Waals surface area contributed by atoms with Crippen molar-refractivity contribution in [3.63, 3.8) is 0 Å². The monoisotopic (exact) mass is 294 g/mol. The molecule has 0 atom stereocenters. The minimum atomic E-state index is -0.840. The summed E-state index contributed by atoms with van der Waals surface area (Å²) in [5, 5.41) is 11.7. The predicted octanol–water partition coefficient (Wildman–Crippen LogP) is 2.85. The molecule has 0 saturated carbocycles. The number of aryl methyl sites for hydroxylation is 1. The van der Waals surface area contributed by atoms with E-state index in [1.807, 2.05) is 0 Å². The summed E-state index contributed by atoms with van der Waals surface area (Å²) in [5.41, 5.74) is 0.0369. The lowest BCUT2D eigenvalue weighted by Crippen LogP contribution is -2.46. The molecule has 2 rings (SSSR count). The molecule has 0 spiro atoms. The number of urea groups is 1. The molecule has 1 heterocycles. The maximum absolute atomic E-state index is 13.7. The molecule has 2 N–H and O–H groups in total. The van der Waals surface area contributed by atoms with Crippen LogP contribution in [0.3, 0.4) is 0 Å². The maximum Gasteiger partial charge on any atom is 0.321 e. The van der Waals surface area contributed by atoms with Gasteiger partial charge in [0, 0.05) is 13.1 Å². The van der Waals surface area contributed by atoms with Crippen molar-refractivity contribution in [1.29, 1.82) is 0 Å². The zero-order chi connectivity index (χ0) is 15.6. The fourth-order valence-electron chi connectivity index (χ4n) is 2.39. The fraction of sp³-hybridized carbons (Fsp3) is 0.467. The highest BCUT2D eigenvalue weighted by molar-refractivity contribution is 5.90. The minimum Gasteiger partial charge on any atom is -0.481 e. The molecule has 0 radical (unpaired) electrons. The standard InChI is InChI=1S/C15H19FN2O3/c1-10-4-3-5-11(16)12(10)17-14(21)18-8-6-15(2,7-9-18)13(19)20/h3-5H,6-9H2,1-2H3,(H,17,21)(H,19,20). The number of hydrogen-bond donors (Lipinski definition) is 2. The van der Waals surface area contributed by atoms with E-state index in [4.69, 9.17) is 5.11 Å². The number of nitrogens with zero attached hydrogens (tertiary/aromatic N) is 1. The van der Waals surface area contributed by atoms with Crippen LogP contribution < -0.4 is 5.32 Å². The summed E-state index contributed by atoms with van der Waals surface area (Å²) in [5.74, 6) is -1.32. The molecule has 1 aromatic carbocycles. The van der Waals surface area contributed by atoms with Gasteiger partial charge < -0.3 is 15.3 Å². The number of rotatable bonds is 2. The Labute approximate surface area is 122 Å². The number of benzene rings is 1. The van der Waals surface area contributed by atoms with Gasteiger partial charge in [0.1, 0.15) is 5.82 Å². The number of carboxylic acids is 1. The van der Waals surface area contributed by atoms with Crippen LogP contribution in [0.15, 0.2) is 18.2 Å². The number of halogens is 1. The van der Waals surface area contributed by atoms with E-state index < -0.39 is 23.2 Å². The van der Waals surface area contributed by atoms with Crippen molar-refractivity contribution in [2.45, 2.75) is 26.7 Å². The number of anilines is 1. The topological polar surface area (TPSA) is 69.6 Å². The molecule has 1 fully saturated rings. The van der Waals surface area contributed by atoms with E-state index in [0.717, 1.165) is 0 Å². The first kappa shape index (κ1) is 15.3. The van der Waals surface area contributed by atoms with E-state index in [9.17, 15) is 14.0 Å². The highest BCUT2D eigenvalue weighted by Crippen LogP contribution is 2.31. The van der Waals surface area contributed by atoms with Crippen molar-refractivity contribution >= 4 is 17.7 Å². The van der Waals surface area contributed by atoms with Gasteiger partial charge in [-0.2, -0.15) is 0 Å². The first-order chi connectivity index (χ1) is 9.83. The van der Waals surface area contributed by atoms with E-state index in [1.165, 1.54) is 11.0 Å². The Bertz CT molecular complexity index is 546. The SMILES string of the molecule is Cc1cccc(F)c1NC(=O)N1CCC(C)(C(=O)O)CC1. The average molecular weight is 294 g/mol. The van der Waals surface area contributed by atoms with Gasteiger partial charge in [-0.3, -0.25) is 4.79 Å². The summed E-state index contributed by atoms with van der Waals surface area (Å²) in [6, 6.07) is 4.20. The van der Waals surface area contributed by atoms with E-state index >= 15 is 0 Å². The average Bonchev–Trinajstić information content (AvgIpc) is 2.43. The Balaban J connectivity index is 2.02. The molecule has 1 aromatic rings. The van der Waals surface area contributed by atoms with Crippen LogP contribution in [0.4, 0.5) is 14.9 Å². The van der Waals surface area contributed by atoms with Gasteiger partial charge in [0.15, 0.2) is 0 Å².